The summed E-state index contributed by atoms with van der Waals surface area (Å²) in [7, 11) is 0. The Hall–Kier alpha value is -2.03. The van der Waals surface area contributed by atoms with Gasteiger partial charge in [-0.25, -0.2) is 0 Å². The van der Waals surface area contributed by atoms with E-state index in [9.17, 15) is 18.4 Å². The topological polar surface area (TPSA) is 40.4 Å². The molecule has 2 N–H and O–H groups in total. The Bertz CT molecular complexity index is 666. The quantitative estimate of drug-likeness (QED) is 0.870. The van der Waals surface area contributed by atoms with Crippen molar-refractivity contribution in [3.8, 4) is 6.07 Å². The Morgan fingerprint density at radius 1 is 1.00 bits per heavy atom. The third-order valence-corrected chi connectivity index (χ3v) is 3.55. The van der Waals surface area contributed by atoms with Crippen LogP contribution in [0.15, 0.2) is 54.6 Å². The van der Waals surface area contributed by atoms with Crippen LogP contribution < -0.4 is 17.7 Å². The van der Waals surface area contributed by atoms with Crippen LogP contribution in [0.1, 0.15) is 35.7 Å². The van der Waals surface area contributed by atoms with Gasteiger partial charge in [0.25, 0.3) is 0 Å². The first kappa shape index (κ1) is 19.0. The fourth-order valence-electron chi connectivity index (χ4n) is 2.40. The lowest BCUT2D eigenvalue weighted by molar-refractivity contribution is -0.720. The van der Waals surface area contributed by atoms with Gasteiger partial charge in [-0.15, -0.1) is 0 Å². The number of alkyl halides is 3. The molecular weight excluding hydrogens is 325 g/mol. The lowest BCUT2D eigenvalue weighted by atomic mass is 9.99. The minimum Gasteiger partial charge on any atom is -1.00 e. The predicted octanol–water partition coefficient (Wildman–Crippen LogP) is 0.599. The molecule has 0 aliphatic carbocycles. The lowest BCUT2D eigenvalue weighted by Gasteiger charge is -2.19. The molecule has 0 aliphatic heterocycles. The monoisotopic (exact) mass is 340 g/mol. The molecular formula is C17H16ClF3N2. The largest absolute Gasteiger partial charge is 1.00 e. The Morgan fingerprint density at radius 2 is 1.57 bits per heavy atom. The Labute approximate surface area is 139 Å². The number of benzene rings is 2. The molecule has 2 nitrogen and oxygen atoms in total. The number of halogens is 4. The zero-order valence-corrected chi connectivity index (χ0v) is 13.1. The zero-order valence-electron chi connectivity index (χ0n) is 12.4. The molecule has 2 atom stereocenters. The summed E-state index contributed by atoms with van der Waals surface area (Å²) >= 11 is 0. The van der Waals surface area contributed by atoms with E-state index >= 15 is 0 Å². The summed E-state index contributed by atoms with van der Waals surface area (Å²) < 4.78 is 39.2. The van der Waals surface area contributed by atoms with Crippen LogP contribution in [0, 0.1) is 11.3 Å². The molecule has 0 aromatic heterocycles. The van der Waals surface area contributed by atoms with Gasteiger partial charge in [-0.3, -0.25) is 0 Å². The molecule has 0 amide bonds. The number of nitrogens with two attached hydrogens (primary N) is 1. The molecule has 0 heterocycles. The van der Waals surface area contributed by atoms with Crippen molar-refractivity contribution in [2.24, 2.45) is 0 Å². The molecule has 2 aromatic rings. The van der Waals surface area contributed by atoms with Crippen molar-refractivity contribution in [3.63, 3.8) is 0 Å². The van der Waals surface area contributed by atoms with Crippen molar-refractivity contribution >= 4 is 0 Å². The molecule has 0 saturated heterocycles. The fraction of sp³-hybridized carbons (Fsp3) is 0.235. The van der Waals surface area contributed by atoms with Gasteiger partial charge in [-0.1, -0.05) is 48.5 Å². The first-order valence-electron chi connectivity index (χ1n) is 6.89. The summed E-state index contributed by atoms with van der Waals surface area (Å²) in [5.41, 5.74) is 0.214. The van der Waals surface area contributed by atoms with Crippen LogP contribution in [0.4, 0.5) is 13.2 Å². The average molecular weight is 341 g/mol. The summed E-state index contributed by atoms with van der Waals surface area (Å²) in [4.78, 5) is 0. The second-order valence-corrected chi connectivity index (χ2v) is 5.08. The maximum absolute atomic E-state index is 13.1. The van der Waals surface area contributed by atoms with Gasteiger partial charge < -0.3 is 17.7 Å². The molecule has 6 heteroatoms. The van der Waals surface area contributed by atoms with Crippen LogP contribution in [0.5, 0.6) is 0 Å². The molecule has 0 bridgehead atoms. The van der Waals surface area contributed by atoms with Crippen molar-refractivity contribution in [2.75, 3.05) is 0 Å². The van der Waals surface area contributed by atoms with Gasteiger partial charge in [-0.2, -0.15) is 18.4 Å². The Morgan fingerprint density at radius 3 is 2.13 bits per heavy atom. The number of nitriles is 1. The van der Waals surface area contributed by atoms with Crippen LogP contribution in [0.25, 0.3) is 0 Å². The van der Waals surface area contributed by atoms with Gasteiger partial charge >= 0.3 is 6.18 Å². The highest BCUT2D eigenvalue weighted by atomic mass is 35.5. The molecule has 2 rings (SSSR count). The van der Waals surface area contributed by atoms with E-state index < -0.39 is 17.8 Å². The van der Waals surface area contributed by atoms with Crippen LogP contribution in [-0.4, -0.2) is 0 Å². The number of nitrogens with zero attached hydrogens (tertiary/aromatic N) is 1. The minimum atomic E-state index is -4.46. The van der Waals surface area contributed by atoms with Crippen LogP contribution in [-0.2, 0) is 6.18 Å². The molecule has 0 radical (unpaired) electrons. The van der Waals surface area contributed by atoms with Crippen molar-refractivity contribution in [3.05, 3.63) is 71.3 Å². The van der Waals surface area contributed by atoms with Gasteiger partial charge in [0.05, 0.1) is 5.56 Å². The molecule has 122 valence electrons. The number of rotatable bonds is 4. The standard InChI is InChI=1S/C17H15F3N2.ClH/c1-12(13-7-3-2-4-8-13)22-16(11-21)14-9-5-6-10-15(14)17(18,19)20;/h2-10,12,16,22H,1H3;1H/t12-,16+;/m1./s1. The maximum atomic E-state index is 13.1. The summed E-state index contributed by atoms with van der Waals surface area (Å²) in [5, 5.41) is 11.0. The molecule has 0 aliphatic rings. The summed E-state index contributed by atoms with van der Waals surface area (Å²) in [5.74, 6) is 0. The number of hydrogen-bond donors (Lipinski definition) is 1. The highest BCUT2D eigenvalue weighted by Crippen LogP contribution is 2.33. The lowest BCUT2D eigenvalue weighted by Crippen LogP contribution is -3.00. The summed E-state index contributed by atoms with van der Waals surface area (Å²) in [6.45, 7) is 1.87. The van der Waals surface area contributed by atoms with Crippen molar-refractivity contribution < 1.29 is 30.9 Å². The third kappa shape index (κ3) is 4.72. The number of quaternary nitrogens is 1. The minimum absolute atomic E-state index is 0. The van der Waals surface area contributed by atoms with E-state index in [0.29, 0.717) is 0 Å². The van der Waals surface area contributed by atoms with E-state index in [-0.39, 0.29) is 24.0 Å². The molecule has 2 aromatic carbocycles. The van der Waals surface area contributed by atoms with E-state index in [1.807, 2.05) is 43.3 Å². The Kier molecular flexibility index (Phi) is 6.62. The van der Waals surface area contributed by atoms with Crippen molar-refractivity contribution in [1.29, 1.82) is 5.26 Å². The summed E-state index contributed by atoms with van der Waals surface area (Å²) in [6, 6.07) is 15.6. The van der Waals surface area contributed by atoms with Crippen LogP contribution >= 0.6 is 0 Å². The Balaban J connectivity index is 0.00000264. The third-order valence-electron chi connectivity index (χ3n) is 3.55. The normalized spacial score (nSPS) is 13.5. The number of hydrogen-bond acceptors (Lipinski definition) is 1. The van der Waals surface area contributed by atoms with Gasteiger partial charge in [-0.05, 0) is 13.0 Å². The van der Waals surface area contributed by atoms with Gasteiger partial charge in [0.2, 0.25) is 0 Å². The molecule has 23 heavy (non-hydrogen) atoms. The fourth-order valence-corrected chi connectivity index (χ4v) is 2.40. The van der Waals surface area contributed by atoms with E-state index in [1.54, 1.807) is 5.32 Å². The van der Waals surface area contributed by atoms with Crippen LogP contribution in [0.3, 0.4) is 0 Å². The summed E-state index contributed by atoms with van der Waals surface area (Å²) in [6.07, 6.45) is -4.46. The second kappa shape index (κ2) is 8.00. The second-order valence-electron chi connectivity index (χ2n) is 5.08. The first-order valence-corrected chi connectivity index (χ1v) is 6.89. The van der Waals surface area contributed by atoms with Gasteiger partial charge in [0.1, 0.15) is 12.1 Å². The molecule has 0 spiro atoms. The highest BCUT2D eigenvalue weighted by Gasteiger charge is 2.36. The first-order chi connectivity index (χ1) is 10.4. The van der Waals surface area contributed by atoms with Crippen molar-refractivity contribution in [1.82, 2.24) is 0 Å². The zero-order chi connectivity index (χ0) is 16.2. The highest BCUT2D eigenvalue weighted by molar-refractivity contribution is 5.34. The van der Waals surface area contributed by atoms with E-state index in [0.717, 1.165) is 11.6 Å². The average Bonchev–Trinajstić information content (AvgIpc) is 2.52. The molecule has 0 saturated carbocycles. The van der Waals surface area contributed by atoms with Gasteiger partial charge in [0.15, 0.2) is 6.04 Å². The molecule has 0 fully saturated rings. The smallest absolute Gasteiger partial charge is 0.416 e. The van der Waals surface area contributed by atoms with E-state index in [1.165, 1.54) is 18.2 Å². The SMILES string of the molecule is C[C@@H]([NH2+][C@@H](C#N)c1ccccc1C(F)(F)F)c1ccccc1.[Cl-]. The van der Waals surface area contributed by atoms with Crippen LogP contribution in [0.2, 0.25) is 0 Å². The van der Waals surface area contributed by atoms with Crippen molar-refractivity contribution in [2.45, 2.75) is 25.2 Å². The van der Waals surface area contributed by atoms with E-state index in [4.69, 9.17) is 0 Å². The van der Waals surface area contributed by atoms with E-state index in [2.05, 4.69) is 0 Å². The molecule has 0 unspecified atom stereocenters. The maximum Gasteiger partial charge on any atom is 0.416 e. The van der Waals surface area contributed by atoms with Gasteiger partial charge in [0, 0.05) is 11.1 Å². The predicted molar refractivity (Wildman–Crippen MR) is 76.6 cm³/mol.